The zero-order valence-electron chi connectivity index (χ0n) is 12.9. The van der Waals surface area contributed by atoms with Gasteiger partial charge in [-0.05, 0) is 30.5 Å². The second-order valence-corrected chi connectivity index (χ2v) is 7.65. The van der Waals surface area contributed by atoms with Crippen LogP contribution in [-0.4, -0.2) is 11.5 Å². The summed E-state index contributed by atoms with van der Waals surface area (Å²) in [4.78, 5) is 6.29. The summed E-state index contributed by atoms with van der Waals surface area (Å²) >= 11 is 5.48. The highest BCUT2D eigenvalue weighted by Crippen LogP contribution is 2.26. The maximum atomic E-state index is 4.90. The number of hydrogen-bond donors (Lipinski definition) is 1. The van der Waals surface area contributed by atoms with E-state index in [9.17, 15) is 0 Å². The summed E-state index contributed by atoms with van der Waals surface area (Å²) in [6.45, 7) is 8.59. The van der Waals surface area contributed by atoms with Gasteiger partial charge in [0.1, 0.15) is 0 Å². The Morgan fingerprint density at radius 2 is 2.05 bits per heavy atom. The third kappa shape index (κ3) is 4.90. The van der Waals surface area contributed by atoms with E-state index in [0.29, 0.717) is 5.92 Å². The van der Waals surface area contributed by atoms with Gasteiger partial charge in [0, 0.05) is 22.3 Å². The largest absolute Gasteiger partial charge is 0.312 e. The van der Waals surface area contributed by atoms with Crippen molar-refractivity contribution in [3.8, 4) is 0 Å². The minimum absolute atomic E-state index is 0.642. The Labute approximate surface area is 140 Å². The SMILES string of the molecule is CCNCc1sc(Cc2ccccc2Br)nc1CC(C)C. The summed E-state index contributed by atoms with van der Waals surface area (Å²) in [6.07, 6.45) is 1.97. The molecule has 0 amide bonds. The van der Waals surface area contributed by atoms with Gasteiger partial charge < -0.3 is 5.32 Å². The molecule has 114 valence electrons. The monoisotopic (exact) mass is 366 g/mol. The van der Waals surface area contributed by atoms with Crippen molar-refractivity contribution in [2.24, 2.45) is 5.92 Å². The van der Waals surface area contributed by atoms with E-state index in [4.69, 9.17) is 4.98 Å². The lowest BCUT2D eigenvalue weighted by Crippen LogP contribution is -2.12. The zero-order chi connectivity index (χ0) is 15.2. The average molecular weight is 367 g/mol. The van der Waals surface area contributed by atoms with Crippen LogP contribution in [0.15, 0.2) is 28.7 Å². The molecule has 0 bridgehead atoms. The van der Waals surface area contributed by atoms with Gasteiger partial charge in [-0.15, -0.1) is 11.3 Å². The molecular weight excluding hydrogens is 344 g/mol. The maximum Gasteiger partial charge on any atom is 0.0975 e. The van der Waals surface area contributed by atoms with Gasteiger partial charge in [-0.2, -0.15) is 0 Å². The lowest BCUT2D eigenvalue weighted by atomic mass is 10.1. The first-order chi connectivity index (χ1) is 10.1. The number of hydrogen-bond acceptors (Lipinski definition) is 3. The van der Waals surface area contributed by atoms with Crippen LogP contribution in [0.25, 0.3) is 0 Å². The van der Waals surface area contributed by atoms with E-state index in [2.05, 4.69) is 66.3 Å². The number of benzene rings is 1. The van der Waals surface area contributed by atoms with Gasteiger partial charge in [0.2, 0.25) is 0 Å². The highest BCUT2D eigenvalue weighted by Gasteiger charge is 2.13. The Bertz CT molecular complexity index is 578. The molecule has 2 rings (SSSR count). The van der Waals surface area contributed by atoms with Crippen molar-refractivity contribution < 1.29 is 0 Å². The molecule has 4 heteroatoms. The van der Waals surface area contributed by atoms with Gasteiger partial charge in [0.05, 0.1) is 10.7 Å². The summed E-state index contributed by atoms with van der Waals surface area (Å²) in [5, 5.41) is 4.64. The van der Waals surface area contributed by atoms with Gasteiger partial charge in [0.15, 0.2) is 0 Å². The van der Waals surface area contributed by atoms with Crippen LogP contribution in [0.1, 0.15) is 41.9 Å². The van der Waals surface area contributed by atoms with Crippen molar-refractivity contribution in [3.05, 3.63) is 49.9 Å². The lowest BCUT2D eigenvalue weighted by Gasteiger charge is -2.05. The van der Waals surface area contributed by atoms with Crippen molar-refractivity contribution in [1.29, 1.82) is 0 Å². The predicted molar refractivity (Wildman–Crippen MR) is 95.0 cm³/mol. The summed E-state index contributed by atoms with van der Waals surface area (Å²) in [5.74, 6) is 0.642. The van der Waals surface area contributed by atoms with Gasteiger partial charge >= 0.3 is 0 Å². The molecule has 0 spiro atoms. The molecule has 0 aliphatic heterocycles. The van der Waals surface area contributed by atoms with Gasteiger partial charge in [-0.25, -0.2) is 4.98 Å². The van der Waals surface area contributed by atoms with Crippen LogP contribution in [0.4, 0.5) is 0 Å². The molecular formula is C17H23BrN2S. The summed E-state index contributed by atoms with van der Waals surface area (Å²) in [5.41, 5.74) is 2.58. The number of thiazole rings is 1. The summed E-state index contributed by atoms with van der Waals surface area (Å²) in [6, 6.07) is 8.40. The number of aromatic nitrogens is 1. The summed E-state index contributed by atoms with van der Waals surface area (Å²) in [7, 11) is 0. The quantitative estimate of drug-likeness (QED) is 0.760. The first-order valence-electron chi connectivity index (χ1n) is 7.51. The number of halogens is 1. The fourth-order valence-corrected chi connectivity index (χ4v) is 3.75. The van der Waals surface area contributed by atoms with E-state index < -0.39 is 0 Å². The minimum Gasteiger partial charge on any atom is -0.312 e. The number of rotatable bonds is 7. The second kappa shape index (κ2) is 8.06. The molecule has 1 aromatic carbocycles. The summed E-state index contributed by atoms with van der Waals surface area (Å²) < 4.78 is 1.17. The van der Waals surface area contributed by atoms with E-state index in [0.717, 1.165) is 25.9 Å². The van der Waals surface area contributed by atoms with Crippen molar-refractivity contribution in [2.45, 2.75) is 40.2 Å². The molecule has 0 saturated carbocycles. The van der Waals surface area contributed by atoms with Crippen molar-refractivity contribution in [1.82, 2.24) is 10.3 Å². The molecule has 0 aliphatic rings. The lowest BCUT2D eigenvalue weighted by molar-refractivity contribution is 0.626. The van der Waals surface area contributed by atoms with Crippen molar-refractivity contribution in [2.75, 3.05) is 6.54 Å². The van der Waals surface area contributed by atoms with E-state index in [-0.39, 0.29) is 0 Å². The smallest absolute Gasteiger partial charge is 0.0975 e. The van der Waals surface area contributed by atoms with Gasteiger partial charge in [0.25, 0.3) is 0 Å². The Balaban J connectivity index is 2.19. The van der Waals surface area contributed by atoms with Crippen LogP contribution in [-0.2, 0) is 19.4 Å². The normalized spacial score (nSPS) is 11.3. The Hall–Kier alpha value is -0.710. The Morgan fingerprint density at radius 1 is 1.29 bits per heavy atom. The average Bonchev–Trinajstić information content (AvgIpc) is 2.80. The fourth-order valence-electron chi connectivity index (χ4n) is 2.24. The molecule has 1 aromatic heterocycles. The van der Waals surface area contributed by atoms with Crippen molar-refractivity contribution >= 4 is 27.3 Å². The molecule has 0 unspecified atom stereocenters. The molecule has 1 heterocycles. The molecule has 0 fully saturated rings. The fraction of sp³-hybridized carbons (Fsp3) is 0.471. The number of nitrogens with one attached hydrogen (secondary N) is 1. The Kier molecular flexibility index (Phi) is 6.40. The van der Waals surface area contributed by atoms with Crippen LogP contribution in [0.3, 0.4) is 0 Å². The topological polar surface area (TPSA) is 24.9 Å². The third-order valence-electron chi connectivity index (χ3n) is 3.26. The van der Waals surface area contributed by atoms with Crippen LogP contribution in [0.5, 0.6) is 0 Å². The van der Waals surface area contributed by atoms with E-state index in [1.54, 1.807) is 0 Å². The highest BCUT2D eigenvalue weighted by atomic mass is 79.9. The first kappa shape index (κ1) is 16.7. The molecule has 0 aliphatic carbocycles. The molecule has 1 N–H and O–H groups in total. The minimum atomic E-state index is 0.642. The molecule has 0 saturated heterocycles. The molecule has 2 nitrogen and oxygen atoms in total. The molecule has 0 atom stereocenters. The second-order valence-electron chi connectivity index (χ2n) is 5.62. The molecule has 0 radical (unpaired) electrons. The van der Waals surface area contributed by atoms with E-state index in [1.165, 1.54) is 25.6 Å². The molecule has 21 heavy (non-hydrogen) atoms. The van der Waals surface area contributed by atoms with Crippen LogP contribution < -0.4 is 5.32 Å². The van der Waals surface area contributed by atoms with Crippen LogP contribution in [0.2, 0.25) is 0 Å². The third-order valence-corrected chi connectivity index (χ3v) is 5.13. The van der Waals surface area contributed by atoms with Crippen LogP contribution >= 0.6 is 27.3 Å². The first-order valence-corrected chi connectivity index (χ1v) is 9.12. The maximum absolute atomic E-state index is 4.90. The van der Waals surface area contributed by atoms with Gasteiger partial charge in [-0.1, -0.05) is 54.9 Å². The standard InChI is InChI=1S/C17H23BrN2S/c1-4-19-11-16-15(9-12(2)3)20-17(21-16)10-13-7-5-6-8-14(13)18/h5-8,12,19H,4,9-11H2,1-3H3. The predicted octanol–water partition coefficient (Wildman–Crippen LogP) is 4.80. The zero-order valence-corrected chi connectivity index (χ0v) is 15.4. The Morgan fingerprint density at radius 3 is 2.71 bits per heavy atom. The van der Waals surface area contributed by atoms with E-state index >= 15 is 0 Å². The van der Waals surface area contributed by atoms with Gasteiger partial charge in [-0.3, -0.25) is 0 Å². The van der Waals surface area contributed by atoms with Crippen LogP contribution in [0, 0.1) is 5.92 Å². The number of nitrogens with zero attached hydrogens (tertiary/aromatic N) is 1. The highest BCUT2D eigenvalue weighted by molar-refractivity contribution is 9.10. The molecule has 2 aromatic rings. The van der Waals surface area contributed by atoms with E-state index in [1.807, 2.05) is 11.3 Å². The van der Waals surface area contributed by atoms with Crippen molar-refractivity contribution in [3.63, 3.8) is 0 Å².